The first-order valence-electron chi connectivity index (χ1n) is 5.78. The van der Waals surface area contributed by atoms with Crippen molar-refractivity contribution >= 4 is 29.2 Å². The van der Waals surface area contributed by atoms with E-state index in [1.54, 1.807) is 6.20 Å². The number of rotatable bonds is 1. The van der Waals surface area contributed by atoms with Gasteiger partial charge in [0.1, 0.15) is 0 Å². The van der Waals surface area contributed by atoms with Crippen molar-refractivity contribution in [2.24, 2.45) is 0 Å². The van der Waals surface area contributed by atoms with Crippen molar-refractivity contribution in [2.45, 2.75) is 0 Å². The summed E-state index contributed by atoms with van der Waals surface area (Å²) in [7, 11) is 0. The van der Waals surface area contributed by atoms with Crippen molar-refractivity contribution in [3.05, 3.63) is 30.0 Å². The third-order valence-corrected chi connectivity index (χ3v) is 3.09. The minimum absolute atomic E-state index is 0. The highest BCUT2D eigenvalue weighted by atomic mass is 35.5. The highest BCUT2D eigenvalue weighted by Crippen LogP contribution is 2.14. The van der Waals surface area contributed by atoms with Crippen molar-refractivity contribution in [3.8, 4) is 0 Å². The molecule has 18 heavy (non-hydrogen) atoms. The van der Waals surface area contributed by atoms with E-state index in [4.69, 9.17) is 0 Å². The fourth-order valence-electron chi connectivity index (χ4n) is 2.13. The second kappa shape index (κ2) is 5.37. The SMILES string of the molecule is Cl.O=C(c1ccc2[nH]ncc2c1)N1CCNCC1. The predicted octanol–water partition coefficient (Wildman–Crippen LogP) is 1.03. The Morgan fingerprint density at radius 1 is 1.28 bits per heavy atom. The van der Waals surface area contributed by atoms with Crippen molar-refractivity contribution < 1.29 is 4.79 Å². The van der Waals surface area contributed by atoms with Crippen LogP contribution < -0.4 is 5.32 Å². The molecule has 2 heterocycles. The second-order valence-corrected chi connectivity index (χ2v) is 4.21. The number of piperazine rings is 1. The van der Waals surface area contributed by atoms with Gasteiger partial charge in [-0.1, -0.05) is 0 Å². The van der Waals surface area contributed by atoms with Gasteiger partial charge >= 0.3 is 0 Å². The Morgan fingerprint density at radius 3 is 2.83 bits per heavy atom. The van der Waals surface area contributed by atoms with Gasteiger partial charge in [-0.25, -0.2) is 0 Å². The number of carbonyl (C=O) groups is 1. The van der Waals surface area contributed by atoms with E-state index in [9.17, 15) is 4.79 Å². The molecule has 1 aromatic heterocycles. The number of H-pyrrole nitrogens is 1. The van der Waals surface area contributed by atoms with Crippen LogP contribution in [0.2, 0.25) is 0 Å². The maximum Gasteiger partial charge on any atom is 0.253 e. The number of nitrogens with zero attached hydrogens (tertiary/aromatic N) is 2. The molecule has 5 nitrogen and oxygen atoms in total. The Hall–Kier alpha value is -1.59. The number of benzene rings is 1. The molecule has 96 valence electrons. The number of carbonyl (C=O) groups excluding carboxylic acids is 1. The minimum atomic E-state index is 0. The lowest BCUT2D eigenvalue weighted by molar-refractivity contribution is 0.0736. The van der Waals surface area contributed by atoms with E-state index in [2.05, 4.69) is 15.5 Å². The molecule has 0 atom stereocenters. The minimum Gasteiger partial charge on any atom is -0.336 e. The lowest BCUT2D eigenvalue weighted by atomic mass is 10.1. The maximum atomic E-state index is 12.2. The van der Waals surface area contributed by atoms with E-state index in [-0.39, 0.29) is 18.3 Å². The third kappa shape index (κ3) is 2.32. The summed E-state index contributed by atoms with van der Waals surface area (Å²) in [5, 5.41) is 11.1. The number of fused-ring (bicyclic) bond motifs is 1. The molecular formula is C12H15ClN4O. The summed E-state index contributed by atoms with van der Waals surface area (Å²) >= 11 is 0. The van der Waals surface area contributed by atoms with Crippen LogP contribution in [0.3, 0.4) is 0 Å². The molecule has 6 heteroatoms. The fourth-order valence-corrected chi connectivity index (χ4v) is 2.13. The van der Waals surface area contributed by atoms with Gasteiger partial charge in [0, 0.05) is 37.1 Å². The summed E-state index contributed by atoms with van der Waals surface area (Å²) in [5.41, 5.74) is 1.70. The maximum absolute atomic E-state index is 12.2. The van der Waals surface area contributed by atoms with Crippen LogP contribution in [0, 0.1) is 0 Å². The molecule has 1 aliphatic rings. The second-order valence-electron chi connectivity index (χ2n) is 4.21. The number of nitrogens with one attached hydrogen (secondary N) is 2. The number of halogens is 1. The predicted molar refractivity (Wildman–Crippen MR) is 72.1 cm³/mol. The van der Waals surface area contributed by atoms with E-state index in [0.29, 0.717) is 0 Å². The van der Waals surface area contributed by atoms with Gasteiger partial charge in [0.25, 0.3) is 5.91 Å². The van der Waals surface area contributed by atoms with Crippen LogP contribution >= 0.6 is 12.4 Å². The molecule has 0 bridgehead atoms. The zero-order valence-corrected chi connectivity index (χ0v) is 10.7. The monoisotopic (exact) mass is 266 g/mol. The van der Waals surface area contributed by atoms with Crippen molar-refractivity contribution in [2.75, 3.05) is 26.2 Å². The van der Waals surface area contributed by atoms with E-state index < -0.39 is 0 Å². The molecule has 0 aliphatic carbocycles. The van der Waals surface area contributed by atoms with Crippen LogP contribution in [0.25, 0.3) is 10.9 Å². The zero-order chi connectivity index (χ0) is 11.7. The average molecular weight is 267 g/mol. The summed E-state index contributed by atoms with van der Waals surface area (Å²) in [6.07, 6.45) is 1.74. The quantitative estimate of drug-likeness (QED) is 0.811. The van der Waals surface area contributed by atoms with Crippen LogP contribution in [0.15, 0.2) is 24.4 Å². The van der Waals surface area contributed by atoms with Crippen LogP contribution in [0.4, 0.5) is 0 Å². The van der Waals surface area contributed by atoms with Gasteiger partial charge < -0.3 is 10.2 Å². The number of amides is 1. The molecule has 0 radical (unpaired) electrons. The standard InChI is InChI=1S/C12H14N4O.ClH/c17-12(16-5-3-13-4-6-16)9-1-2-11-10(7-9)8-14-15-11;/h1-2,7-8,13H,3-6H2,(H,14,15);1H. The smallest absolute Gasteiger partial charge is 0.253 e. The Labute approximate surface area is 111 Å². The highest BCUT2D eigenvalue weighted by Gasteiger charge is 2.17. The largest absolute Gasteiger partial charge is 0.336 e. The van der Waals surface area contributed by atoms with Gasteiger partial charge in [-0.15, -0.1) is 12.4 Å². The van der Waals surface area contributed by atoms with E-state index in [1.165, 1.54) is 0 Å². The van der Waals surface area contributed by atoms with Crippen LogP contribution in [-0.4, -0.2) is 47.2 Å². The first-order valence-corrected chi connectivity index (χ1v) is 5.78. The number of hydrogen-bond acceptors (Lipinski definition) is 3. The van der Waals surface area contributed by atoms with Gasteiger partial charge in [0.2, 0.25) is 0 Å². The summed E-state index contributed by atoms with van der Waals surface area (Å²) < 4.78 is 0. The number of aromatic nitrogens is 2. The van der Waals surface area contributed by atoms with Gasteiger partial charge in [-0.2, -0.15) is 5.10 Å². The van der Waals surface area contributed by atoms with Gasteiger partial charge in [0.05, 0.1) is 11.7 Å². The molecule has 2 aromatic rings. The highest BCUT2D eigenvalue weighted by molar-refractivity contribution is 5.97. The Kier molecular flexibility index (Phi) is 3.84. The van der Waals surface area contributed by atoms with Gasteiger partial charge in [-0.3, -0.25) is 9.89 Å². The fraction of sp³-hybridized carbons (Fsp3) is 0.333. The van der Waals surface area contributed by atoms with E-state index >= 15 is 0 Å². The Balaban J connectivity index is 0.00000120. The Bertz CT molecular complexity index is 548. The molecule has 0 spiro atoms. The average Bonchev–Trinajstić information content (AvgIpc) is 2.86. The normalized spacial score (nSPS) is 15.4. The first-order chi connectivity index (χ1) is 8.34. The molecule has 1 fully saturated rings. The molecule has 1 aliphatic heterocycles. The molecular weight excluding hydrogens is 252 g/mol. The summed E-state index contributed by atoms with van der Waals surface area (Å²) in [4.78, 5) is 14.1. The van der Waals surface area contributed by atoms with Crippen LogP contribution in [0.1, 0.15) is 10.4 Å². The van der Waals surface area contributed by atoms with Gasteiger partial charge in [-0.05, 0) is 18.2 Å². The lowest BCUT2D eigenvalue weighted by Crippen LogP contribution is -2.46. The Morgan fingerprint density at radius 2 is 2.06 bits per heavy atom. The first kappa shape index (κ1) is 12.9. The van der Waals surface area contributed by atoms with Crippen LogP contribution in [-0.2, 0) is 0 Å². The van der Waals surface area contributed by atoms with Crippen molar-refractivity contribution in [1.82, 2.24) is 20.4 Å². The van der Waals surface area contributed by atoms with Gasteiger partial charge in [0.15, 0.2) is 0 Å². The van der Waals surface area contributed by atoms with Crippen LogP contribution in [0.5, 0.6) is 0 Å². The number of hydrogen-bond donors (Lipinski definition) is 2. The zero-order valence-electron chi connectivity index (χ0n) is 9.85. The number of aromatic amines is 1. The molecule has 1 amide bonds. The molecule has 2 N–H and O–H groups in total. The molecule has 3 rings (SSSR count). The lowest BCUT2D eigenvalue weighted by Gasteiger charge is -2.27. The summed E-state index contributed by atoms with van der Waals surface area (Å²) in [6, 6.07) is 5.64. The van der Waals surface area contributed by atoms with Crippen molar-refractivity contribution in [3.63, 3.8) is 0 Å². The molecule has 1 aromatic carbocycles. The third-order valence-electron chi connectivity index (χ3n) is 3.09. The molecule has 1 saturated heterocycles. The topological polar surface area (TPSA) is 61.0 Å². The summed E-state index contributed by atoms with van der Waals surface area (Å²) in [5.74, 6) is 0.106. The molecule has 0 unspecified atom stereocenters. The summed E-state index contributed by atoms with van der Waals surface area (Å²) in [6.45, 7) is 3.31. The molecule has 0 saturated carbocycles. The van der Waals surface area contributed by atoms with E-state index in [1.807, 2.05) is 23.1 Å². The van der Waals surface area contributed by atoms with Crippen molar-refractivity contribution in [1.29, 1.82) is 0 Å². The van der Waals surface area contributed by atoms with E-state index in [0.717, 1.165) is 42.6 Å².